The number of fused-ring (bicyclic) bond motifs is 1. The number of nitrogens with two attached hydrogens (primary N) is 3. The SMILES string of the molecule is NC(=O)C[C@@H](N)C(=O)NS(=O)(=O)OC[C@@H]1O[C@H](n2cnc3c(N)ncnc32)[C@@H](O)[C@@H]1O. The standard InChI is InChI=1S/C14H20N8O8S/c15-5(1-7(16)23)13(26)21-31(27,28)29-2-6-9(24)10(25)14(30-6)22-4-20-8-11(17)18-3-19-12(8)22/h3-6,9-10,14,24-25H,1-2,15H2,(H2,16,23)(H,21,26)(H2,17,18,19)/t5-,6+,9-,10+,14+/m1/s1. The number of aliphatic hydroxyl groups excluding tert-OH is 2. The van der Waals surface area contributed by atoms with Gasteiger partial charge in [0.1, 0.15) is 30.2 Å². The van der Waals surface area contributed by atoms with E-state index < -0.39 is 65.7 Å². The topological polar surface area (TPSA) is 261 Å². The molecule has 9 N–H and O–H groups in total. The summed E-state index contributed by atoms with van der Waals surface area (Å²) in [5.41, 5.74) is 16.4. The van der Waals surface area contributed by atoms with Crippen molar-refractivity contribution >= 4 is 39.1 Å². The predicted octanol–water partition coefficient (Wildman–Crippen LogP) is -4.39. The van der Waals surface area contributed by atoms with Crippen molar-refractivity contribution in [1.82, 2.24) is 24.2 Å². The molecule has 1 aliphatic rings. The molecule has 2 amide bonds. The normalized spacial score (nSPS) is 24.9. The van der Waals surface area contributed by atoms with Gasteiger partial charge in [0.2, 0.25) is 5.91 Å². The summed E-state index contributed by atoms with van der Waals surface area (Å²) >= 11 is 0. The Balaban J connectivity index is 1.66. The van der Waals surface area contributed by atoms with Crippen LogP contribution >= 0.6 is 0 Å². The van der Waals surface area contributed by atoms with Crippen LogP contribution < -0.4 is 21.9 Å². The number of rotatable bonds is 8. The van der Waals surface area contributed by atoms with E-state index in [0.29, 0.717) is 0 Å². The quantitative estimate of drug-likeness (QED) is 0.217. The molecule has 0 unspecified atom stereocenters. The van der Waals surface area contributed by atoms with Crippen molar-refractivity contribution in [2.75, 3.05) is 12.3 Å². The van der Waals surface area contributed by atoms with Gasteiger partial charge in [-0.15, -0.1) is 0 Å². The van der Waals surface area contributed by atoms with Crippen LogP contribution in [0.2, 0.25) is 0 Å². The van der Waals surface area contributed by atoms with Gasteiger partial charge in [-0.2, -0.15) is 8.42 Å². The highest BCUT2D eigenvalue weighted by Gasteiger charge is 2.45. The van der Waals surface area contributed by atoms with Gasteiger partial charge in [0, 0.05) is 0 Å². The van der Waals surface area contributed by atoms with Crippen LogP contribution in [0.15, 0.2) is 12.7 Å². The molecule has 2 aromatic heterocycles. The molecule has 170 valence electrons. The second-order valence-corrected chi connectivity index (χ2v) is 7.96. The number of hydrogen-bond donors (Lipinski definition) is 6. The maximum atomic E-state index is 11.9. The van der Waals surface area contributed by atoms with Crippen LogP contribution in [0.3, 0.4) is 0 Å². The van der Waals surface area contributed by atoms with Crippen molar-refractivity contribution < 1.29 is 37.1 Å². The summed E-state index contributed by atoms with van der Waals surface area (Å²) in [5, 5.41) is 20.5. The molecule has 0 radical (unpaired) electrons. The fourth-order valence-electron chi connectivity index (χ4n) is 2.85. The first-order valence-electron chi connectivity index (χ1n) is 8.69. The number of carbonyl (C=O) groups is 2. The minimum Gasteiger partial charge on any atom is -0.387 e. The smallest absolute Gasteiger partial charge is 0.362 e. The number of nitrogens with zero attached hydrogens (tertiary/aromatic N) is 4. The molecular weight excluding hydrogens is 440 g/mol. The van der Waals surface area contributed by atoms with Crippen LogP contribution in [0.1, 0.15) is 12.6 Å². The maximum Gasteiger partial charge on any atom is 0.362 e. The Hall–Kier alpha value is -2.96. The monoisotopic (exact) mass is 460 g/mol. The Morgan fingerprint density at radius 1 is 1.29 bits per heavy atom. The van der Waals surface area contributed by atoms with Gasteiger partial charge in [-0.3, -0.25) is 18.3 Å². The average molecular weight is 460 g/mol. The first-order valence-corrected chi connectivity index (χ1v) is 10.1. The zero-order chi connectivity index (χ0) is 22.9. The Kier molecular flexibility index (Phi) is 6.34. The van der Waals surface area contributed by atoms with Crippen molar-refractivity contribution in [2.45, 2.75) is 37.0 Å². The highest BCUT2D eigenvalue weighted by Crippen LogP contribution is 2.32. The highest BCUT2D eigenvalue weighted by atomic mass is 32.2. The van der Waals surface area contributed by atoms with Crippen LogP contribution in [0.4, 0.5) is 5.82 Å². The van der Waals surface area contributed by atoms with E-state index in [1.165, 1.54) is 21.9 Å². The number of ether oxygens (including phenoxy) is 1. The van der Waals surface area contributed by atoms with Gasteiger partial charge in [0.25, 0.3) is 5.91 Å². The van der Waals surface area contributed by atoms with E-state index in [0.717, 1.165) is 0 Å². The lowest BCUT2D eigenvalue weighted by atomic mass is 10.1. The maximum absolute atomic E-state index is 11.9. The number of primary amides is 1. The van der Waals surface area contributed by atoms with Gasteiger partial charge in [-0.05, 0) is 0 Å². The highest BCUT2D eigenvalue weighted by molar-refractivity contribution is 7.85. The van der Waals surface area contributed by atoms with Gasteiger partial charge in [0.15, 0.2) is 17.7 Å². The van der Waals surface area contributed by atoms with Gasteiger partial charge in [0.05, 0.1) is 25.4 Å². The molecule has 0 spiro atoms. The van der Waals surface area contributed by atoms with Gasteiger partial charge in [-0.1, -0.05) is 0 Å². The lowest BCUT2D eigenvalue weighted by Crippen LogP contribution is -2.46. The lowest BCUT2D eigenvalue weighted by Gasteiger charge is -2.16. The summed E-state index contributed by atoms with van der Waals surface area (Å²) in [7, 11) is -4.66. The van der Waals surface area contributed by atoms with Crippen molar-refractivity contribution in [2.24, 2.45) is 11.5 Å². The Morgan fingerprint density at radius 3 is 2.68 bits per heavy atom. The molecular formula is C14H20N8O8S. The number of anilines is 1. The zero-order valence-corrected chi connectivity index (χ0v) is 16.5. The average Bonchev–Trinajstić information content (AvgIpc) is 3.22. The first-order chi connectivity index (χ1) is 14.5. The molecule has 17 heteroatoms. The van der Waals surface area contributed by atoms with E-state index in [4.69, 9.17) is 21.9 Å². The lowest BCUT2D eigenvalue weighted by molar-refractivity contribution is -0.125. The van der Waals surface area contributed by atoms with Crippen LogP contribution in [0, 0.1) is 0 Å². The van der Waals surface area contributed by atoms with Crippen LogP contribution in [0.25, 0.3) is 11.2 Å². The van der Waals surface area contributed by atoms with E-state index in [2.05, 4.69) is 19.1 Å². The fourth-order valence-corrected chi connectivity index (χ4v) is 3.62. The molecule has 1 aliphatic heterocycles. The molecule has 0 bridgehead atoms. The van der Waals surface area contributed by atoms with Crippen LogP contribution in [-0.2, 0) is 28.8 Å². The summed E-state index contributed by atoms with van der Waals surface area (Å²) in [6, 6.07) is -1.50. The number of nitrogens with one attached hydrogen (secondary N) is 1. The number of carbonyl (C=O) groups excluding carboxylic acids is 2. The molecule has 5 atom stereocenters. The Morgan fingerprint density at radius 2 is 2.00 bits per heavy atom. The molecule has 31 heavy (non-hydrogen) atoms. The Labute approximate surface area is 174 Å². The molecule has 3 heterocycles. The molecule has 0 aliphatic carbocycles. The third-order valence-electron chi connectivity index (χ3n) is 4.37. The summed E-state index contributed by atoms with van der Waals surface area (Å²) in [6.45, 7) is -0.758. The van der Waals surface area contributed by atoms with E-state index in [9.17, 15) is 28.2 Å². The second-order valence-electron chi connectivity index (χ2n) is 6.61. The minimum atomic E-state index is -4.66. The molecule has 16 nitrogen and oxygen atoms in total. The first kappa shape index (κ1) is 22.7. The fraction of sp³-hybridized carbons (Fsp3) is 0.500. The number of nitrogen functional groups attached to an aromatic ring is 1. The van der Waals surface area contributed by atoms with E-state index in [-0.39, 0.29) is 17.0 Å². The molecule has 1 fully saturated rings. The predicted molar refractivity (Wildman–Crippen MR) is 100 cm³/mol. The van der Waals surface area contributed by atoms with Crippen LogP contribution in [-0.4, -0.2) is 80.9 Å². The number of amides is 2. The second kappa shape index (κ2) is 8.65. The third kappa shape index (κ3) is 4.86. The van der Waals surface area contributed by atoms with Gasteiger partial charge in [-0.25, -0.2) is 19.7 Å². The van der Waals surface area contributed by atoms with Gasteiger partial charge < -0.3 is 32.2 Å². The minimum absolute atomic E-state index is 0.0908. The molecule has 3 rings (SSSR count). The van der Waals surface area contributed by atoms with Gasteiger partial charge >= 0.3 is 10.3 Å². The summed E-state index contributed by atoms with van der Waals surface area (Å²) < 4.78 is 36.8. The Bertz CT molecular complexity index is 1090. The summed E-state index contributed by atoms with van der Waals surface area (Å²) in [4.78, 5) is 34.3. The number of aliphatic hydroxyl groups is 2. The number of imidazole rings is 1. The summed E-state index contributed by atoms with van der Waals surface area (Å²) in [5.74, 6) is -2.03. The largest absolute Gasteiger partial charge is 0.387 e. The van der Waals surface area contributed by atoms with Crippen molar-refractivity contribution in [3.63, 3.8) is 0 Å². The summed E-state index contributed by atoms with van der Waals surface area (Å²) in [6.07, 6.45) is -3.68. The molecule has 0 aromatic carbocycles. The van der Waals surface area contributed by atoms with Crippen LogP contribution in [0.5, 0.6) is 0 Å². The van der Waals surface area contributed by atoms with Crippen molar-refractivity contribution in [3.05, 3.63) is 12.7 Å². The molecule has 1 saturated heterocycles. The number of aromatic nitrogens is 4. The third-order valence-corrected chi connectivity index (χ3v) is 5.27. The van der Waals surface area contributed by atoms with E-state index >= 15 is 0 Å². The zero-order valence-electron chi connectivity index (χ0n) is 15.7. The van der Waals surface area contributed by atoms with Crippen molar-refractivity contribution in [1.29, 1.82) is 0 Å². The van der Waals surface area contributed by atoms with E-state index in [1.54, 1.807) is 0 Å². The molecule has 0 saturated carbocycles. The van der Waals surface area contributed by atoms with E-state index in [1.807, 2.05) is 0 Å². The van der Waals surface area contributed by atoms with Crippen molar-refractivity contribution in [3.8, 4) is 0 Å². The number of hydrogen-bond acceptors (Lipinski definition) is 13. The molecule has 2 aromatic rings.